The molecular formula is C58H49Cl2N3O5. The van der Waals surface area contributed by atoms with E-state index in [1.165, 1.54) is 0 Å². The van der Waals surface area contributed by atoms with Crippen LogP contribution in [-0.2, 0) is 13.2 Å². The van der Waals surface area contributed by atoms with Crippen molar-refractivity contribution in [1.82, 2.24) is 14.5 Å². The smallest absolute Gasteiger partial charge is 0.335 e. The number of hydrogen-bond acceptors (Lipinski definition) is 4. The molecule has 9 aromatic rings. The Morgan fingerprint density at radius 2 is 0.971 bits per heavy atom. The van der Waals surface area contributed by atoms with Crippen molar-refractivity contribution in [2.45, 2.75) is 40.0 Å². The molecule has 0 radical (unpaired) electrons. The molecule has 0 spiro atoms. The van der Waals surface area contributed by atoms with Crippen LogP contribution in [0.4, 0.5) is 0 Å². The van der Waals surface area contributed by atoms with Crippen LogP contribution in [0.5, 0.6) is 11.5 Å². The van der Waals surface area contributed by atoms with Crippen LogP contribution in [0.3, 0.4) is 0 Å². The summed E-state index contributed by atoms with van der Waals surface area (Å²) in [6.45, 7) is 6.89. The number of amides is 1. The van der Waals surface area contributed by atoms with E-state index in [0.29, 0.717) is 34.6 Å². The van der Waals surface area contributed by atoms with Crippen LogP contribution in [0.15, 0.2) is 200 Å². The standard InChI is InChI=1S/C33H29ClN2O2.C25H20ClNO3/c1-23-16-18-31(30-21-28(34)17-19-32(30)38-22-25-10-5-3-6-11-25)36(23)29-15-9-14-27(20-29)33(37)35-24(2)26-12-7-4-8-13-26;1-17-10-12-23(27(17)21-9-5-8-19(14-21)25(28)29)22-15-20(26)11-13-24(22)30-16-18-6-3-2-4-7-18/h3-21,24H,22H2,1-2H3,(H,35,37);2-15H,16H2,1H3,(H,28,29)/t24-;/m0./s1. The molecule has 0 saturated heterocycles. The topological polar surface area (TPSA) is 94.7 Å². The highest BCUT2D eigenvalue weighted by molar-refractivity contribution is 6.31. The highest BCUT2D eigenvalue weighted by Gasteiger charge is 2.19. The number of aromatic carboxylic acids is 1. The van der Waals surface area contributed by atoms with Gasteiger partial charge in [-0.15, -0.1) is 0 Å². The van der Waals surface area contributed by atoms with Gasteiger partial charge in [0.1, 0.15) is 24.7 Å². The second-order valence-electron chi connectivity index (χ2n) is 16.2. The number of nitrogens with one attached hydrogen (secondary N) is 1. The predicted molar refractivity (Wildman–Crippen MR) is 273 cm³/mol. The summed E-state index contributed by atoms with van der Waals surface area (Å²) in [4.78, 5) is 24.6. The fourth-order valence-corrected chi connectivity index (χ4v) is 8.32. The Morgan fingerprint density at radius 1 is 0.529 bits per heavy atom. The lowest BCUT2D eigenvalue weighted by atomic mass is 10.1. The lowest BCUT2D eigenvalue weighted by molar-refractivity contribution is 0.0696. The number of aromatic nitrogens is 2. The van der Waals surface area contributed by atoms with Gasteiger partial charge in [0, 0.05) is 49.5 Å². The van der Waals surface area contributed by atoms with Gasteiger partial charge < -0.3 is 29.0 Å². The van der Waals surface area contributed by atoms with Gasteiger partial charge in [-0.2, -0.15) is 0 Å². The zero-order chi connectivity index (χ0) is 47.6. The van der Waals surface area contributed by atoms with Gasteiger partial charge in [0.15, 0.2) is 0 Å². The lowest BCUT2D eigenvalue weighted by Gasteiger charge is -2.18. The van der Waals surface area contributed by atoms with Gasteiger partial charge in [0.25, 0.3) is 5.91 Å². The van der Waals surface area contributed by atoms with Crippen molar-refractivity contribution in [2.24, 2.45) is 0 Å². The fraction of sp³-hybridized carbons (Fsp3) is 0.103. The van der Waals surface area contributed by atoms with Crippen LogP contribution in [0.1, 0.15) is 61.8 Å². The predicted octanol–water partition coefficient (Wildman–Crippen LogP) is 14.6. The maximum absolute atomic E-state index is 13.2. The normalized spacial score (nSPS) is 11.2. The third kappa shape index (κ3) is 11.2. The number of ether oxygens (including phenoxy) is 2. The van der Waals surface area contributed by atoms with Crippen molar-refractivity contribution in [3.8, 4) is 45.4 Å². The number of rotatable bonds is 14. The maximum atomic E-state index is 13.2. The molecule has 7 aromatic carbocycles. The van der Waals surface area contributed by atoms with Crippen molar-refractivity contribution >= 4 is 35.1 Å². The zero-order valence-electron chi connectivity index (χ0n) is 37.8. The first-order valence-electron chi connectivity index (χ1n) is 22.1. The summed E-state index contributed by atoms with van der Waals surface area (Å²) >= 11 is 12.8. The fourth-order valence-electron chi connectivity index (χ4n) is 7.98. The van der Waals surface area contributed by atoms with Crippen LogP contribution in [0, 0.1) is 13.8 Å². The monoisotopic (exact) mass is 937 g/mol. The summed E-state index contributed by atoms with van der Waals surface area (Å²) < 4.78 is 16.5. The molecular weight excluding hydrogens is 890 g/mol. The minimum absolute atomic E-state index is 0.105. The molecule has 0 unspecified atom stereocenters. The first-order valence-corrected chi connectivity index (χ1v) is 22.9. The Kier molecular flexibility index (Phi) is 14.9. The minimum atomic E-state index is -0.960. The molecule has 340 valence electrons. The van der Waals surface area contributed by atoms with Crippen molar-refractivity contribution < 1.29 is 24.2 Å². The second-order valence-corrected chi connectivity index (χ2v) is 17.1. The Bertz CT molecular complexity index is 3170. The molecule has 8 nitrogen and oxygen atoms in total. The number of carbonyl (C=O) groups excluding carboxylic acids is 1. The Labute approximate surface area is 406 Å². The van der Waals surface area contributed by atoms with Crippen molar-refractivity contribution in [2.75, 3.05) is 0 Å². The van der Waals surface area contributed by atoms with E-state index in [-0.39, 0.29) is 17.5 Å². The van der Waals surface area contributed by atoms with Crippen molar-refractivity contribution in [1.29, 1.82) is 0 Å². The molecule has 0 bridgehead atoms. The molecule has 68 heavy (non-hydrogen) atoms. The second kappa shape index (κ2) is 21.7. The van der Waals surface area contributed by atoms with Gasteiger partial charge in [-0.3, -0.25) is 4.79 Å². The minimum Gasteiger partial charge on any atom is -0.488 e. The molecule has 0 fully saturated rings. The van der Waals surface area contributed by atoms with Crippen LogP contribution in [-0.4, -0.2) is 26.1 Å². The van der Waals surface area contributed by atoms with Crippen LogP contribution < -0.4 is 14.8 Å². The number of aryl methyl sites for hydroxylation is 2. The molecule has 9 rings (SSSR count). The van der Waals surface area contributed by atoms with E-state index in [9.17, 15) is 14.7 Å². The first-order chi connectivity index (χ1) is 33.0. The molecule has 1 atom stereocenters. The molecule has 0 aliphatic rings. The average molecular weight is 939 g/mol. The molecule has 2 aromatic heterocycles. The highest BCUT2D eigenvalue weighted by atomic mass is 35.5. The van der Waals surface area contributed by atoms with E-state index in [4.69, 9.17) is 32.7 Å². The molecule has 2 heterocycles. The quantitative estimate of drug-likeness (QED) is 0.113. The number of halogens is 2. The lowest BCUT2D eigenvalue weighted by Crippen LogP contribution is -2.26. The zero-order valence-corrected chi connectivity index (χ0v) is 39.3. The average Bonchev–Trinajstić information content (AvgIpc) is 3.95. The van der Waals surface area contributed by atoms with Crippen molar-refractivity contribution in [3.63, 3.8) is 0 Å². The number of carboxylic acids is 1. The van der Waals surface area contributed by atoms with Gasteiger partial charge in [-0.05, 0) is 135 Å². The number of carboxylic acid groups (broad SMARTS) is 1. The van der Waals surface area contributed by atoms with Gasteiger partial charge in [-0.1, -0.05) is 126 Å². The van der Waals surface area contributed by atoms with Gasteiger partial charge in [0.05, 0.1) is 23.0 Å². The molecule has 0 aliphatic heterocycles. The van der Waals surface area contributed by atoms with Crippen LogP contribution in [0.2, 0.25) is 10.0 Å². The Morgan fingerprint density at radius 3 is 1.44 bits per heavy atom. The molecule has 2 N–H and O–H groups in total. The van der Waals surface area contributed by atoms with E-state index in [1.54, 1.807) is 24.3 Å². The van der Waals surface area contributed by atoms with Crippen LogP contribution in [0.25, 0.3) is 33.9 Å². The summed E-state index contributed by atoms with van der Waals surface area (Å²) in [5.74, 6) is 0.363. The highest BCUT2D eigenvalue weighted by Crippen LogP contribution is 2.38. The first kappa shape index (κ1) is 46.7. The molecule has 0 saturated carbocycles. The SMILES string of the molecule is Cc1ccc(-c2cc(Cl)ccc2OCc2ccccc2)n1-c1cccc(C(=O)N[C@@H](C)c2ccccc2)c1.Cc1ccc(-c2cc(Cl)ccc2OCc2ccccc2)n1-c1cccc(C(=O)O)c1. The molecule has 1 amide bonds. The van der Waals surface area contributed by atoms with Crippen molar-refractivity contribution in [3.05, 3.63) is 249 Å². The van der Waals surface area contributed by atoms with Gasteiger partial charge in [0.2, 0.25) is 0 Å². The molecule has 0 aliphatic carbocycles. The third-order valence-electron chi connectivity index (χ3n) is 11.4. The summed E-state index contributed by atoms with van der Waals surface area (Å²) in [5.41, 5.74) is 11.2. The summed E-state index contributed by atoms with van der Waals surface area (Å²) in [5, 5.41) is 13.7. The van der Waals surface area contributed by atoms with E-state index >= 15 is 0 Å². The van der Waals surface area contributed by atoms with Crippen LogP contribution >= 0.6 is 23.2 Å². The van der Waals surface area contributed by atoms with E-state index in [2.05, 4.69) is 22.0 Å². The summed E-state index contributed by atoms with van der Waals surface area (Å²) in [6, 6.07) is 63.7. The third-order valence-corrected chi connectivity index (χ3v) is 11.9. The maximum Gasteiger partial charge on any atom is 0.335 e. The van der Waals surface area contributed by atoms with E-state index in [1.807, 2.05) is 189 Å². The summed E-state index contributed by atoms with van der Waals surface area (Å²) in [6.07, 6.45) is 0. The Hall–Kier alpha value is -7.78. The summed E-state index contributed by atoms with van der Waals surface area (Å²) in [7, 11) is 0. The molecule has 10 heteroatoms. The van der Waals surface area contributed by atoms with Gasteiger partial charge in [-0.25, -0.2) is 4.79 Å². The Balaban J connectivity index is 0.000000189. The van der Waals surface area contributed by atoms with E-state index in [0.717, 1.165) is 67.7 Å². The van der Waals surface area contributed by atoms with E-state index < -0.39 is 5.97 Å². The largest absolute Gasteiger partial charge is 0.488 e. The number of nitrogens with zero attached hydrogens (tertiary/aromatic N) is 2. The number of carbonyl (C=O) groups is 2. The van der Waals surface area contributed by atoms with Gasteiger partial charge >= 0.3 is 5.97 Å². The number of benzene rings is 7. The number of hydrogen-bond donors (Lipinski definition) is 2.